The van der Waals surface area contributed by atoms with Crippen LogP contribution in [0.3, 0.4) is 0 Å². The van der Waals surface area contributed by atoms with Crippen molar-refractivity contribution in [1.82, 2.24) is 19.9 Å². The van der Waals surface area contributed by atoms with Crippen molar-refractivity contribution in [2.45, 2.75) is 82.1 Å². The van der Waals surface area contributed by atoms with Crippen LogP contribution in [0.15, 0.2) is 59.6 Å². The highest BCUT2D eigenvalue weighted by molar-refractivity contribution is 7.19. The summed E-state index contributed by atoms with van der Waals surface area (Å²) in [5.41, 5.74) is 6.00. The molecule has 208 valence electrons. The second-order valence-electron chi connectivity index (χ2n) is 15.1. The first-order valence-electron chi connectivity index (χ1n) is 14.9. The van der Waals surface area contributed by atoms with E-state index < -0.39 is 21.3 Å². The summed E-state index contributed by atoms with van der Waals surface area (Å²) in [6, 6.07) is 0. The monoisotopic (exact) mass is 592 g/mol. The van der Waals surface area contributed by atoms with Gasteiger partial charge in [-0.15, -0.1) is 18.5 Å². The SMILES string of the molecule is C[Si](C)(C)C1=CC(C(P)(c2cnccn2)c2cnccn2)=C(C23CC4CC(CC(C4)C2CP)C3)C1[Si](C)(C)C. The Balaban J connectivity index is 1.71. The quantitative estimate of drug-likeness (QED) is 0.246. The maximum Gasteiger partial charge on any atom is 0.0964 e. The van der Waals surface area contributed by atoms with Crippen LogP contribution in [0.4, 0.5) is 0 Å². The second kappa shape index (κ2) is 9.75. The average Bonchev–Trinajstić information content (AvgIpc) is 3.33. The van der Waals surface area contributed by atoms with Crippen molar-refractivity contribution in [3.8, 4) is 0 Å². The van der Waals surface area contributed by atoms with Crippen LogP contribution in [-0.2, 0) is 5.16 Å². The smallest absolute Gasteiger partial charge is 0.0964 e. The Morgan fingerprint density at radius 1 is 0.872 bits per heavy atom. The minimum Gasteiger partial charge on any atom is -0.261 e. The molecule has 4 bridgehead atoms. The van der Waals surface area contributed by atoms with Crippen molar-refractivity contribution in [1.29, 1.82) is 0 Å². The molecule has 0 radical (unpaired) electrons. The third-order valence-corrected chi connectivity index (χ3v) is 16.8. The van der Waals surface area contributed by atoms with Gasteiger partial charge in [0.05, 0.1) is 45.1 Å². The van der Waals surface area contributed by atoms with Crippen LogP contribution < -0.4 is 0 Å². The van der Waals surface area contributed by atoms with Crippen LogP contribution >= 0.6 is 18.5 Å². The standard InChI is InChI=1S/C31H46N4P2Si2/c1-38(2,3)25-14-23(31(37,26-17-32-7-9-34-26)27-18-33-8-10-35-27)28(29(25)39(4,5)6)30-15-20-11-21(16-30)13-22(12-20)24(30)19-36/h7-10,14,17-18,20-22,24,29H,11-13,15-16,19,36-37H2,1-6H3. The van der Waals surface area contributed by atoms with Crippen LogP contribution in [0.2, 0.25) is 44.8 Å². The van der Waals surface area contributed by atoms with Gasteiger partial charge in [-0.1, -0.05) is 56.1 Å². The molecule has 5 aliphatic rings. The summed E-state index contributed by atoms with van der Waals surface area (Å²) in [7, 11) is 3.18. The van der Waals surface area contributed by atoms with Gasteiger partial charge in [-0.3, -0.25) is 19.9 Å². The first kappa shape index (κ1) is 28.1. The van der Waals surface area contributed by atoms with E-state index in [0.717, 1.165) is 35.1 Å². The molecule has 0 saturated heterocycles. The minimum absolute atomic E-state index is 0.265. The fraction of sp³-hybridized carbons (Fsp3) is 0.613. The lowest BCUT2D eigenvalue weighted by molar-refractivity contribution is -0.0791. The number of nitrogens with zero attached hydrogens (tertiary/aromatic N) is 4. The van der Waals surface area contributed by atoms with Gasteiger partial charge in [0.1, 0.15) is 0 Å². The molecule has 8 heteroatoms. The summed E-state index contributed by atoms with van der Waals surface area (Å²) in [6.45, 7) is 15.6. The Bertz CT molecular complexity index is 1250. The lowest BCUT2D eigenvalue weighted by atomic mass is 9.43. The molecule has 5 aliphatic carbocycles. The Labute approximate surface area is 242 Å². The number of aromatic nitrogens is 4. The van der Waals surface area contributed by atoms with Crippen molar-refractivity contribution in [3.05, 3.63) is 71.0 Å². The first-order chi connectivity index (χ1) is 18.4. The van der Waals surface area contributed by atoms with Crippen LogP contribution in [0.1, 0.15) is 43.5 Å². The molecule has 4 nitrogen and oxygen atoms in total. The highest BCUT2D eigenvalue weighted by Crippen LogP contribution is 2.71. The molecule has 39 heavy (non-hydrogen) atoms. The molecule has 0 spiro atoms. The largest absolute Gasteiger partial charge is 0.261 e. The molecule has 4 fully saturated rings. The lowest BCUT2D eigenvalue weighted by Gasteiger charge is -2.64. The van der Waals surface area contributed by atoms with Crippen molar-refractivity contribution >= 4 is 34.6 Å². The number of hydrogen-bond acceptors (Lipinski definition) is 4. The molecule has 0 N–H and O–H groups in total. The van der Waals surface area contributed by atoms with E-state index >= 15 is 0 Å². The van der Waals surface area contributed by atoms with Crippen molar-refractivity contribution in [2.24, 2.45) is 29.1 Å². The molecule has 6 unspecified atom stereocenters. The van der Waals surface area contributed by atoms with E-state index in [1.165, 1.54) is 43.8 Å². The molecule has 0 aliphatic heterocycles. The molecular weight excluding hydrogens is 546 g/mol. The Hall–Kier alpha value is -1.07. The van der Waals surface area contributed by atoms with Gasteiger partial charge < -0.3 is 0 Å². The van der Waals surface area contributed by atoms with E-state index in [1.807, 2.05) is 24.8 Å². The predicted molar refractivity (Wildman–Crippen MR) is 174 cm³/mol. The molecule has 0 amide bonds. The van der Waals surface area contributed by atoms with Gasteiger partial charge >= 0.3 is 0 Å². The van der Waals surface area contributed by atoms with Crippen molar-refractivity contribution < 1.29 is 0 Å². The van der Waals surface area contributed by atoms with Crippen molar-refractivity contribution in [3.63, 3.8) is 0 Å². The highest BCUT2D eigenvalue weighted by Gasteiger charge is 2.62. The minimum atomic E-state index is -1.66. The molecule has 6 atom stereocenters. The van der Waals surface area contributed by atoms with Crippen molar-refractivity contribution in [2.75, 3.05) is 6.16 Å². The van der Waals surface area contributed by atoms with E-state index in [-0.39, 0.29) is 5.41 Å². The van der Waals surface area contributed by atoms with Gasteiger partial charge in [-0.2, -0.15) is 0 Å². The van der Waals surface area contributed by atoms with E-state index in [0.29, 0.717) is 5.54 Å². The third kappa shape index (κ3) is 4.42. The zero-order valence-electron chi connectivity index (χ0n) is 24.6. The van der Waals surface area contributed by atoms with E-state index in [2.05, 4.69) is 73.8 Å². The second-order valence-corrected chi connectivity index (χ2v) is 26.8. The lowest BCUT2D eigenvalue weighted by Crippen LogP contribution is -2.56. The predicted octanol–water partition coefficient (Wildman–Crippen LogP) is 7.53. The Morgan fingerprint density at radius 3 is 1.87 bits per heavy atom. The fourth-order valence-corrected chi connectivity index (χ4v) is 17.3. The molecular formula is C31H46N4P2Si2. The van der Waals surface area contributed by atoms with Crippen LogP contribution in [0.5, 0.6) is 0 Å². The summed E-state index contributed by atoms with van der Waals surface area (Å²) >= 11 is 0. The average molecular weight is 593 g/mol. The van der Waals surface area contributed by atoms with E-state index in [4.69, 9.17) is 9.97 Å². The first-order valence-corrected chi connectivity index (χ1v) is 23.4. The van der Waals surface area contributed by atoms with Gasteiger partial charge in [0.15, 0.2) is 0 Å². The third-order valence-electron chi connectivity index (χ3n) is 10.6. The Kier molecular flexibility index (Phi) is 7.02. The molecule has 4 saturated carbocycles. The van der Waals surface area contributed by atoms with Gasteiger partial charge in [-0.05, 0) is 78.5 Å². The van der Waals surface area contributed by atoms with Gasteiger partial charge in [0.25, 0.3) is 0 Å². The number of hydrogen-bond donors (Lipinski definition) is 0. The van der Waals surface area contributed by atoms with Gasteiger partial charge in [-0.25, -0.2) is 0 Å². The normalized spacial score (nSPS) is 32.6. The summed E-state index contributed by atoms with van der Waals surface area (Å²) in [5, 5.41) is 1.18. The van der Waals surface area contributed by atoms with Gasteiger partial charge in [0.2, 0.25) is 0 Å². The zero-order valence-corrected chi connectivity index (χ0v) is 28.9. The maximum absolute atomic E-state index is 4.97. The maximum atomic E-state index is 4.97. The van der Waals surface area contributed by atoms with Crippen LogP contribution in [0.25, 0.3) is 0 Å². The molecule has 2 heterocycles. The highest BCUT2D eigenvalue weighted by atomic mass is 31.0. The molecule has 0 aromatic carbocycles. The van der Waals surface area contributed by atoms with Crippen LogP contribution in [0, 0.1) is 29.1 Å². The summed E-state index contributed by atoms with van der Waals surface area (Å²) in [4.78, 5) is 19.1. The Morgan fingerprint density at radius 2 is 1.44 bits per heavy atom. The summed E-state index contributed by atoms with van der Waals surface area (Å²) < 4.78 is 0. The zero-order chi connectivity index (χ0) is 27.8. The topological polar surface area (TPSA) is 51.6 Å². The van der Waals surface area contributed by atoms with Gasteiger partial charge in [0, 0.05) is 24.8 Å². The summed E-state index contributed by atoms with van der Waals surface area (Å²) in [5.74, 6) is 3.38. The number of rotatable bonds is 7. The van der Waals surface area contributed by atoms with Crippen LogP contribution in [-0.4, -0.2) is 42.2 Å². The molecule has 2 aromatic heterocycles. The molecule has 2 aromatic rings. The van der Waals surface area contributed by atoms with E-state index in [9.17, 15) is 0 Å². The fourth-order valence-electron chi connectivity index (χ4n) is 9.45. The number of allylic oxidation sites excluding steroid dienone is 4. The molecule has 7 rings (SSSR count). The summed E-state index contributed by atoms with van der Waals surface area (Å²) in [6.07, 6.45) is 22.2. The van der Waals surface area contributed by atoms with E-state index in [1.54, 1.807) is 23.2 Å².